The van der Waals surface area contributed by atoms with Crippen molar-refractivity contribution in [2.24, 2.45) is 0 Å². The maximum absolute atomic E-state index is 14.3. The first-order chi connectivity index (χ1) is 9.19. The quantitative estimate of drug-likeness (QED) is 0.640. The van der Waals surface area contributed by atoms with E-state index in [1.54, 1.807) is 0 Å². The molecule has 0 amide bonds. The number of aromatic amines is 1. The van der Waals surface area contributed by atoms with Gasteiger partial charge in [0.05, 0.1) is 12.7 Å². The van der Waals surface area contributed by atoms with Crippen molar-refractivity contribution in [3.8, 4) is 0 Å². The molecule has 2 heterocycles. The molecule has 1 aliphatic rings. The van der Waals surface area contributed by atoms with E-state index in [1.807, 2.05) is 0 Å². The van der Waals surface area contributed by atoms with E-state index in [1.165, 1.54) is 0 Å². The predicted octanol–water partition coefficient (Wildman–Crippen LogP) is 1.46. The van der Waals surface area contributed by atoms with Crippen LogP contribution in [0.1, 0.15) is 12.6 Å². The summed E-state index contributed by atoms with van der Waals surface area (Å²) >= 11 is 4.64. The minimum absolute atomic E-state index is 0.000535. The molecule has 5 nitrogen and oxygen atoms in total. The molecule has 10 heteroatoms. The van der Waals surface area contributed by atoms with E-state index < -0.39 is 42.9 Å². The third kappa shape index (κ3) is 2.38. The molecule has 0 aromatic carbocycles. The Kier molecular flexibility index (Phi) is 3.73. The average molecular weight is 314 g/mol. The average Bonchev–Trinajstić information content (AvgIpc) is 2.67. The fourth-order valence-corrected chi connectivity index (χ4v) is 2.18. The Bertz CT molecular complexity index is 614. The molecule has 1 aromatic rings. The van der Waals surface area contributed by atoms with Crippen LogP contribution in [-0.4, -0.2) is 39.2 Å². The van der Waals surface area contributed by atoms with Gasteiger partial charge in [0.15, 0.2) is 6.23 Å². The molecular weight excluding hydrogens is 304 g/mol. The standard InChI is InChI=1S/C10H10F4N2O3S/c11-9(10(12,13)14)3-5(4-17)19-7(9)16-2-1-6(20)15-8(16)18/h1-2,5,7,17H,3-4H2,(H,15,18,20). The molecule has 20 heavy (non-hydrogen) atoms. The zero-order chi connectivity index (χ0) is 15.1. The van der Waals surface area contributed by atoms with Crippen LogP contribution in [0, 0.1) is 4.64 Å². The van der Waals surface area contributed by atoms with Crippen LogP contribution in [0.25, 0.3) is 0 Å². The van der Waals surface area contributed by atoms with Gasteiger partial charge in [0, 0.05) is 12.6 Å². The third-order valence-corrected chi connectivity index (χ3v) is 3.25. The zero-order valence-electron chi connectivity index (χ0n) is 9.85. The molecule has 0 saturated carbocycles. The summed E-state index contributed by atoms with van der Waals surface area (Å²) in [6.07, 6.45) is -8.96. The molecule has 0 spiro atoms. The van der Waals surface area contributed by atoms with Crippen molar-refractivity contribution in [2.75, 3.05) is 6.61 Å². The maximum Gasteiger partial charge on any atom is 0.427 e. The normalized spacial score (nSPS) is 30.6. The van der Waals surface area contributed by atoms with E-state index in [0.29, 0.717) is 4.57 Å². The van der Waals surface area contributed by atoms with Gasteiger partial charge < -0.3 is 9.84 Å². The van der Waals surface area contributed by atoms with Crippen molar-refractivity contribution < 1.29 is 27.4 Å². The summed E-state index contributed by atoms with van der Waals surface area (Å²) < 4.78 is 58.3. The lowest BCUT2D eigenvalue weighted by Gasteiger charge is -2.28. The molecule has 3 atom stereocenters. The monoisotopic (exact) mass is 314 g/mol. The topological polar surface area (TPSA) is 67.2 Å². The number of halogens is 4. The van der Waals surface area contributed by atoms with E-state index in [-0.39, 0.29) is 4.64 Å². The summed E-state index contributed by atoms with van der Waals surface area (Å²) in [4.78, 5) is 13.7. The van der Waals surface area contributed by atoms with E-state index in [9.17, 15) is 22.4 Å². The molecule has 1 aromatic heterocycles. The van der Waals surface area contributed by atoms with Crippen LogP contribution in [0.2, 0.25) is 0 Å². The lowest BCUT2D eigenvalue weighted by Crippen LogP contribution is -2.47. The molecule has 2 N–H and O–H groups in total. The number of H-pyrrole nitrogens is 1. The van der Waals surface area contributed by atoms with Gasteiger partial charge in [0.2, 0.25) is 0 Å². The largest absolute Gasteiger partial charge is 0.427 e. The number of alkyl halides is 4. The third-order valence-electron chi connectivity index (χ3n) is 3.02. The van der Waals surface area contributed by atoms with Crippen molar-refractivity contribution in [3.63, 3.8) is 0 Å². The number of hydrogen-bond acceptors (Lipinski definition) is 4. The Hall–Kier alpha value is -1.26. The molecule has 2 rings (SSSR count). The maximum atomic E-state index is 14.3. The van der Waals surface area contributed by atoms with Gasteiger partial charge in [-0.25, -0.2) is 9.18 Å². The second kappa shape index (κ2) is 4.93. The minimum atomic E-state index is -5.24. The molecule has 1 aliphatic heterocycles. The number of aliphatic hydroxyl groups is 1. The first kappa shape index (κ1) is 15.1. The summed E-state index contributed by atoms with van der Waals surface area (Å²) in [5, 5.41) is 8.87. The van der Waals surface area contributed by atoms with Crippen LogP contribution in [0.15, 0.2) is 17.1 Å². The Labute approximate surface area is 114 Å². The predicted molar refractivity (Wildman–Crippen MR) is 61.4 cm³/mol. The van der Waals surface area contributed by atoms with Gasteiger partial charge in [0.1, 0.15) is 4.64 Å². The number of hydrogen-bond donors (Lipinski definition) is 2. The van der Waals surface area contributed by atoms with Crippen molar-refractivity contribution in [2.45, 2.75) is 30.6 Å². The SMILES string of the molecule is O=c1[nH]c(=S)ccn1C1OC(CO)CC1(F)C(F)(F)F. The molecule has 112 valence electrons. The van der Waals surface area contributed by atoms with Crippen LogP contribution in [0.3, 0.4) is 0 Å². The summed E-state index contributed by atoms with van der Waals surface area (Å²) in [5.41, 5.74) is -4.78. The zero-order valence-corrected chi connectivity index (χ0v) is 10.7. The first-order valence-corrected chi connectivity index (χ1v) is 5.93. The van der Waals surface area contributed by atoms with Crippen molar-refractivity contribution in [3.05, 3.63) is 27.4 Å². The van der Waals surface area contributed by atoms with Crippen LogP contribution in [0.4, 0.5) is 17.6 Å². The van der Waals surface area contributed by atoms with Crippen LogP contribution in [0.5, 0.6) is 0 Å². The van der Waals surface area contributed by atoms with Gasteiger partial charge in [-0.05, 0) is 6.07 Å². The van der Waals surface area contributed by atoms with Crippen molar-refractivity contribution in [1.82, 2.24) is 9.55 Å². The van der Waals surface area contributed by atoms with Gasteiger partial charge >= 0.3 is 11.9 Å². The number of aromatic nitrogens is 2. The first-order valence-electron chi connectivity index (χ1n) is 5.52. The van der Waals surface area contributed by atoms with Gasteiger partial charge in [-0.1, -0.05) is 12.2 Å². The minimum Gasteiger partial charge on any atom is -0.394 e. The summed E-state index contributed by atoms with van der Waals surface area (Å²) in [7, 11) is 0. The van der Waals surface area contributed by atoms with Crippen LogP contribution in [-0.2, 0) is 4.74 Å². The second-order valence-electron chi connectivity index (χ2n) is 4.37. The fraction of sp³-hybridized carbons (Fsp3) is 0.600. The highest BCUT2D eigenvalue weighted by Gasteiger charge is 2.67. The number of rotatable bonds is 2. The molecule has 1 fully saturated rings. The Balaban J connectivity index is 2.52. The number of nitrogens with one attached hydrogen (secondary N) is 1. The second-order valence-corrected chi connectivity index (χ2v) is 4.81. The van der Waals surface area contributed by atoms with Crippen LogP contribution < -0.4 is 5.69 Å². The van der Waals surface area contributed by atoms with Gasteiger partial charge in [0.25, 0.3) is 5.67 Å². The van der Waals surface area contributed by atoms with E-state index in [0.717, 1.165) is 12.3 Å². The smallest absolute Gasteiger partial charge is 0.394 e. The molecule has 0 radical (unpaired) electrons. The lowest BCUT2D eigenvalue weighted by atomic mass is 9.99. The number of ether oxygens (including phenoxy) is 1. The lowest BCUT2D eigenvalue weighted by molar-refractivity contribution is -0.256. The molecule has 1 saturated heterocycles. The summed E-state index contributed by atoms with van der Waals surface area (Å²) in [5.74, 6) is 0. The van der Waals surface area contributed by atoms with Gasteiger partial charge in [-0.15, -0.1) is 0 Å². The van der Waals surface area contributed by atoms with E-state index in [2.05, 4.69) is 17.2 Å². The fourth-order valence-electron chi connectivity index (χ4n) is 2.03. The van der Waals surface area contributed by atoms with Crippen LogP contribution >= 0.6 is 12.2 Å². The molecule has 0 bridgehead atoms. The van der Waals surface area contributed by atoms with Crippen molar-refractivity contribution in [1.29, 1.82) is 0 Å². The number of nitrogens with zero attached hydrogens (tertiary/aromatic N) is 1. The van der Waals surface area contributed by atoms with E-state index >= 15 is 0 Å². The Morgan fingerprint density at radius 2 is 2.25 bits per heavy atom. The number of aliphatic hydroxyl groups excluding tert-OH is 1. The highest BCUT2D eigenvalue weighted by Crippen LogP contribution is 2.50. The molecular formula is C10H10F4N2O3S. The summed E-state index contributed by atoms with van der Waals surface area (Å²) in [6, 6.07) is 1.14. The van der Waals surface area contributed by atoms with Gasteiger partial charge in [-0.3, -0.25) is 9.55 Å². The highest BCUT2D eigenvalue weighted by atomic mass is 32.1. The highest BCUT2D eigenvalue weighted by molar-refractivity contribution is 7.71. The Morgan fingerprint density at radius 3 is 2.75 bits per heavy atom. The molecule has 0 aliphatic carbocycles. The molecule has 3 unspecified atom stereocenters. The van der Waals surface area contributed by atoms with Gasteiger partial charge in [-0.2, -0.15) is 13.2 Å². The van der Waals surface area contributed by atoms with E-state index in [4.69, 9.17) is 9.84 Å². The summed E-state index contributed by atoms with van der Waals surface area (Å²) in [6.45, 7) is -0.782. The van der Waals surface area contributed by atoms with Crippen molar-refractivity contribution >= 4 is 12.2 Å². The Morgan fingerprint density at radius 1 is 1.60 bits per heavy atom.